The molecule has 0 aromatic heterocycles. The second kappa shape index (κ2) is 10.2. The first-order valence-electron chi connectivity index (χ1n) is 9.83. The third-order valence-electron chi connectivity index (χ3n) is 4.33. The van der Waals surface area contributed by atoms with E-state index in [0.29, 0.717) is 17.7 Å². The fraction of sp³-hybridized carbons (Fsp3) is 0.391. The number of carbonyl (C=O) groups is 2. The molecule has 2 aromatic rings. The summed E-state index contributed by atoms with van der Waals surface area (Å²) in [6.07, 6.45) is 0.394. The fourth-order valence-electron chi connectivity index (χ4n) is 2.92. The number of benzene rings is 2. The van der Waals surface area contributed by atoms with Gasteiger partial charge in [-0.1, -0.05) is 19.1 Å². The van der Waals surface area contributed by atoms with Gasteiger partial charge < -0.3 is 15.0 Å². The Balaban J connectivity index is 2.21. The van der Waals surface area contributed by atoms with Crippen molar-refractivity contribution in [1.82, 2.24) is 10.2 Å². The van der Waals surface area contributed by atoms with Crippen LogP contribution < -0.4 is 10.1 Å². The molecule has 0 fully saturated rings. The van der Waals surface area contributed by atoms with Crippen LogP contribution in [-0.2, 0) is 16.1 Å². The van der Waals surface area contributed by atoms with E-state index in [1.807, 2.05) is 27.7 Å². The van der Waals surface area contributed by atoms with Gasteiger partial charge in [-0.15, -0.1) is 0 Å². The Morgan fingerprint density at radius 3 is 2.03 bits per heavy atom. The number of carbonyl (C=O) groups excluding carboxylic acids is 2. The van der Waals surface area contributed by atoms with E-state index in [1.165, 1.54) is 41.3 Å². The van der Waals surface area contributed by atoms with Gasteiger partial charge in [0.2, 0.25) is 5.91 Å². The molecule has 0 saturated carbocycles. The predicted octanol–water partition coefficient (Wildman–Crippen LogP) is 4.07. The van der Waals surface area contributed by atoms with Crippen molar-refractivity contribution in [3.8, 4) is 5.75 Å². The molecule has 2 aromatic carbocycles. The zero-order valence-electron chi connectivity index (χ0n) is 17.7. The Labute approximate surface area is 176 Å². The molecule has 2 amide bonds. The average molecular weight is 418 g/mol. The van der Waals surface area contributed by atoms with Gasteiger partial charge in [0.25, 0.3) is 5.91 Å². The minimum Gasteiger partial charge on any atom is -0.484 e. The molecule has 0 heterocycles. The van der Waals surface area contributed by atoms with Gasteiger partial charge in [-0.2, -0.15) is 0 Å². The third kappa shape index (κ3) is 7.13. The number of ether oxygens (including phenoxy) is 1. The van der Waals surface area contributed by atoms with Gasteiger partial charge in [0.15, 0.2) is 6.61 Å². The standard InChI is InChI=1S/C23H28F2N2O3/c1-5-20(22(29)26-23(2,3)4)27(14-16-6-8-17(24)9-7-16)21(28)15-30-19-12-10-18(25)11-13-19/h6-13,20H,5,14-15H2,1-4H3,(H,26,29)/t20-/m0/s1. The number of hydrogen-bond donors (Lipinski definition) is 1. The molecule has 0 saturated heterocycles. The molecule has 0 radical (unpaired) electrons. The monoisotopic (exact) mass is 418 g/mol. The summed E-state index contributed by atoms with van der Waals surface area (Å²) in [6, 6.07) is 10.4. The van der Waals surface area contributed by atoms with Crippen LogP contribution in [0, 0.1) is 11.6 Å². The lowest BCUT2D eigenvalue weighted by molar-refractivity contribution is -0.143. The highest BCUT2D eigenvalue weighted by Gasteiger charge is 2.30. The first-order valence-corrected chi connectivity index (χ1v) is 9.83. The smallest absolute Gasteiger partial charge is 0.261 e. The summed E-state index contributed by atoms with van der Waals surface area (Å²) in [4.78, 5) is 27.3. The topological polar surface area (TPSA) is 58.6 Å². The van der Waals surface area contributed by atoms with Crippen molar-refractivity contribution in [3.63, 3.8) is 0 Å². The van der Waals surface area contributed by atoms with Crippen LogP contribution in [0.3, 0.4) is 0 Å². The first-order chi connectivity index (χ1) is 14.1. The van der Waals surface area contributed by atoms with Crippen molar-refractivity contribution < 1.29 is 23.1 Å². The molecule has 7 heteroatoms. The minimum absolute atomic E-state index is 0.127. The highest BCUT2D eigenvalue weighted by Crippen LogP contribution is 2.16. The zero-order valence-corrected chi connectivity index (χ0v) is 17.7. The molecule has 1 atom stereocenters. The van der Waals surface area contributed by atoms with Crippen LogP contribution in [0.4, 0.5) is 8.78 Å². The largest absolute Gasteiger partial charge is 0.484 e. The fourth-order valence-corrected chi connectivity index (χ4v) is 2.92. The third-order valence-corrected chi connectivity index (χ3v) is 4.33. The van der Waals surface area contributed by atoms with Gasteiger partial charge >= 0.3 is 0 Å². The quantitative estimate of drug-likeness (QED) is 0.703. The Hall–Kier alpha value is -2.96. The van der Waals surface area contributed by atoms with Crippen LogP contribution in [0.1, 0.15) is 39.7 Å². The maximum Gasteiger partial charge on any atom is 0.261 e. The van der Waals surface area contributed by atoms with Gasteiger partial charge in [0.1, 0.15) is 23.4 Å². The van der Waals surface area contributed by atoms with E-state index in [-0.39, 0.29) is 24.9 Å². The summed E-state index contributed by atoms with van der Waals surface area (Å²) < 4.78 is 31.8. The maximum absolute atomic E-state index is 13.3. The predicted molar refractivity (Wildman–Crippen MR) is 111 cm³/mol. The number of hydrogen-bond acceptors (Lipinski definition) is 3. The summed E-state index contributed by atoms with van der Waals surface area (Å²) in [6.45, 7) is 7.22. The Morgan fingerprint density at radius 2 is 1.53 bits per heavy atom. The van der Waals surface area contributed by atoms with Gasteiger partial charge in [0.05, 0.1) is 0 Å². The Morgan fingerprint density at radius 1 is 1.00 bits per heavy atom. The van der Waals surface area contributed by atoms with Gasteiger partial charge in [-0.05, 0) is 69.2 Å². The summed E-state index contributed by atoms with van der Waals surface area (Å²) in [7, 11) is 0. The van der Waals surface area contributed by atoms with Crippen molar-refractivity contribution in [2.45, 2.75) is 52.2 Å². The van der Waals surface area contributed by atoms with E-state index < -0.39 is 23.3 Å². The summed E-state index contributed by atoms with van der Waals surface area (Å²) in [5.41, 5.74) is 0.230. The molecule has 0 aliphatic heterocycles. The molecule has 0 unspecified atom stereocenters. The van der Waals surface area contributed by atoms with E-state index in [2.05, 4.69) is 5.32 Å². The molecule has 2 rings (SSSR count). The SMILES string of the molecule is CC[C@@H](C(=O)NC(C)(C)C)N(Cc1ccc(F)cc1)C(=O)COc1ccc(F)cc1. The molecule has 162 valence electrons. The second-order valence-corrected chi connectivity index (χ2v) is 8.05. The molecule has 0 bridgehead atoms. The van der Waals surface area contributed by atoms with Crippen molar-refractivity contribution in [3.05, 3.63) is 65.7 Å². The van der Waals surface area contributed by atoms with Gasteiger partial charge in [-0.25, -0.2) is 8.78 Å². The first kappa shape index (κ1) is 23.3. The van der Waals surface area contributed by atoms with Crippen molar-refractivity contribution >= 4 is 11.8 Å². The molecule has 0 aliphatic rings. The lowest BCUT2D eigenvalue weighted by Crippen LogP contribution is -2.54. The zero-order chi connectivity index (χ0) is 22.3. The minimum atomic E-state index is -0.724. The summed E-state index contributed by atoms with van der Waals surface area (Å²) in [5.74, 6) is -1.12. The van der Waals surface area contributed by atoms with Crippen molar-refractivity contribution in [2.24, 2.45) is 0 Å². The highest BCUT2D eigenvalue weighted by atomic mass is 19.1. The van der Waals surface area contributed by atoms with E-state index in [0.717, 1.165) is 0 Å². The van der Waals surface area contributed by atoms with Crippen LogP contribution in [-0.4, -0.2) is 34.9 Å². The van der Waals surface area contributed by atoms with Crippen LogP contribution in [0.25, 0.3) is 0 Å². The highest BCUT2D eigenvalue weighted by molar-refractivity contribution is 5.88. The van der Waals surface area contributed by atoms with Crippen LogP contribution in [0.15, 0.2) is 48.5 Å². The number of nitrogens with zero attached hydrogens (tertiary/aromatic N) is 1. The van der Waals surface area contributed by atoms with Gasteiger partial charge in [0, 0.05) is 12.1 Å². The number of rotatable bonds is 8. The normalized spacial score (nSPS) is 12.2. The van der Waals surface area contributed by atoms with Crippen molar-refractivity contribution in [2.75, 3.05) is 6.61 Å². The lowest BCUT2D eigenvalue weighted by atomic mass is 10.1. The van der Waals surface area contributed by atoms with Crippen LogP contribution >= 0.6 is 0 Å². The number of nitrogens with one attached hydrogen (secondary N) is 1. The van der Waals surface area contributed by atoms with Crippen LogP contribution in [0.5, 0.6) is 5.75 Å². The maximum atomic E-state index is 13.3. The molecule has 0 aliphatic carbocycles. The van der Waals surface area contributed by atoms with Gasteiger partial charge in [-0.3, -0.25) is 9.59 Å². The Bertz CT molecular complexity index is 846. The average Bonchev–Trinajstić information content (AvgIpc) is 2.67. The van der Waals surface area contributed by atoms with E-state index in [1.54, 1.807) is 12.1 Å². The second-order valence-electron chi connectivity index (χ2n) is 8.05. The van der Waals surface area contributed by atoms with E-state index in [9.17, 15) is 18.4 Å². The van der Waals surface area contributed by atoms with E-state index in [4.69, 9.17) is 4.74 Å². The van der Waals surface area contributed by atoms with E-state index >= 15 is 0 Å². The molecular formula is C23H28F2N2O3. The molecule has 5 nitrogen and oxygen atoms in total. The number of halogens is 2. The molecular weight excluding hydrogens is 390 g/mol. The molecule has 30 heavy (non-hydrogen) atoms. The Kier molecular flexibility index (Phi) is 7.92. The number of amides is 2. The van der Waals surface area contributed by atoms with Crippen LogP contribution in [0.2, 0.25) is 0 Å². The summed E-state index contributed by atoms with van der Waals surface area (Å²) in [5, 5.41) is 2.91. The lowest BCUT2D eigenvalue weighted by Gasteiger charge is -2.33. The van der Waals surface area contributed by atoms with Crippen molar-refractivity contribution in [1.29, 1.82) is 0 Å². The molecule has 1 N–H and O–H groups in total. The molecule has 0 spiro atoms. The summed E-state index contributed by atoms with van der Waals surface area (Å²) >= 11 is 0.